The molecule has 128 valence electrons. The molecule has 0 spiro atoms. The van der Waals surface area contributed by atoms with Crippen LogP contribution in [0.2, 0.25) is 0 Å². The predicted molar refractivity (Wildman–Crippen MR) is 90.3 cm³/mol. The summed E-state index contributed by atoms with van der Waals surface area (Å²) in [5.74, 6) is 0. The van der Waals surface area contributed by atoms with E-state index in [1.54, 1.807) is 23.1 Å². The van der Waals surface area contributed by atoms with Gasteiger partial charge >= 0.3 is 0 Å². The maximum Gasteiger partial charge on any atom is 0.291 e. The monoisotopic (exact) mass is 330 g/mol. The van der Waals surface area contributed by atoms with Crippen molar-refractivity contribution in [3.05, 3.63) is 35.1 Å². The number of hydrogen-bond donors (Lipinski definition) is 1. The Labute approximate surface area is 139 Å². The summed E-state index contributed by atoms with van der Waals surface area (Å²) in [7, 11) is 0. The number of furan rings is 1. The van der Waals surface area contributed by atoms with Gasteiger partial charge in [-0.1, -0.05) is 0 Å². The van der Waals surface area contributed by atoms with Crippen LogP contribution in [0.4, 0.5) is 0 Å². The molecule has 4 heterocycles. The van der Waals surface area contributed by atoms with Crippen LogP contribution in [0.1, 0.15) is 26.2 Å². The Bertz CT molecular complexity index is 888. The molecule has 2 unspecified atom stereocenters. The van der Waals surface area contributed by atoms with Crippen molar-refractivity contribution in [2.24, 2.45) is 0 Å². The van der Waals surface area contributed by atoms with Gasteiger partial charge in [0.05, 0.1) is 17.9 Å². The molecule has 3 aromatic heterocycles. The summed E-state index contributed by atoms with van der Waals surface area (Å²) in [6.45, 7) is 4.46. The average Bonchev–Trinajstić information content (AvgIpc) is 3.29. The van der Waals surface area contributed by atoms with Gasteiger partial charge in [0.1, 0.15) is 11.8 Å². The number of fused-ring (bicyclic) bond motifs is 3. The van der Waals surface area contributed by atoms with Crippen molar-refractivity contribution in [3.8, 4) is 0 Å². The van der Waals surface area contributed by atoms with E-state index < -0.39 is 0 Å². The first-order chi connectivity index (χ1) is 11.7. The molecule has 0 aromatic carbocycles. The van der Waals surface area contributed by atoms with Gasteiger partial charge in [0.25, 0.3) is 5.56 Å². The number of ether oxygens (including phenoxy) is 1. The van der Waals surface area contributed by atoms with Crippen molar-refractivity contribution in [1.82, 2.24) is 19.5 Å². The fraction of sp³-hybridized carbons (Fsp3) is 0.529. The number of nitrogens with one attached hydrogen (secondary N) is 1. The molecule has 1 N–H and O–H groups in total. The average molecular weight is 330 g/mol. The molecule has 2 atom stereocenters. The molecule has 24 heavy (non-hydrogen) atoms. The quantitative estimate of drug-likeness (QED) is 0.746. The van der Waals surface area contributed by atoms with E-state index in [1.807, 2.05) is 6.07 Å². The third-order valence-electron chi connectivity index (χ3n) is 4.71. The van der Waals surface area contributed by atoms with E-state index in [0.29, 0.717) is 29.8 Å². The molecular weight excluding hydrogens is 308 g/mol. The van der Waals surface area contributed by atoms with Crippen LogP contribution in [0.5, 0.6) is 0 Å². The van der Waals surface area contributed by atoms with Crippen molar-refractivity contribution in [3.63, 3.8) is 0 Å². The van der Waals surface area contributed by atoms with Gasteiger partial charge in [-0.05, 0) is 26.2 Å². The van der Waals surface area contributed by atoms with E-state index >= 15 is 0 Å². The van der Waals surface area contributed by atoms with Gasteiger partial charge in [-0.3, -0.25) is 9.20 Å². The Morgan fingerprint density at radius 2 is 2.38 bits per heavy atom. The van der Waals surface area contributed by atoms with Gasteiger partial charge in [0.15, 0.2) is 5.58 Å². The largest absolute Gasteiger partial charge is 0.463 e. The lowest BCUT2D eigenvalue weighted by Gasteiger charge is -2.17. The Morgan fingerprint density at radius 1 is 1.46 bits per heavy atom. The number of hydrogen-bond acceptors (Lipinski definition) is 5. The second kappa shape index (κ2) is 6.41. The molecule has 0 bridgehead atoms. The highest BCUT2D eigenvalue weighted by Crippen LogP contribution is 2.18. The smallest absolute Gasteiger partial charge is 0.291 e. The lowest BCUT2D eigenvalue weighted by Crippen LogP contribution is -2.35. The van der Waals surface area contributed by atoms with Crippen LogP contribution in [0.3, 0.4) is 0 Å². The van der Waals surface area contributed by atoms with Crippen molar-refractivity contribution in [2.75, 3.05) is 13.2 Å². The minimum Gasteiger partial charge on any atom is -0.463 e. The maximum atomic E-state index is 12.6. The van der Waals surface area contributed by atoms with Gasteiger partial charge in [-0.25, -0.2) is 4.68 Å². The Morgan fingerprint density at radius 3 is 3.21 bits per heavy atom. The fourth-order valence-electron chi connectivity index (χ4n) is 3.25. The molecule has 1 fully saturated rings. The van der Waals surface area contributed by atoms with Crippen molar-refractivity contribution in [1.29, 1.82) is 0 Å². The van der Waals surface area contributed by atoms with E-state index in [-0.39, 0.29) is 5.56 Å². The van der Waals surface area contributed by atoms with Crippen LogP contribution in [0, 0.1) is 0 Å². The minimum atomic E-state index is -0.0878. The zero-order valence-corrected chi connectivity index (χ0v) is 13.8. The SMILES string of the molecule is CC(CCn1ncn2c(cc3occc32)c1=O)NCC1CCCO1. The molecule has 0 radical (unpaired) electrons. The second-order valence-electron chi connectivity index (χ2n) is 6.46. The molecule has 1 saturated heterocycles. The zero-order valence-electron chi connectivity index (χ0n) is 13.8. The van der Waals surface area contributed by atoms with E-state index in [9.17, 15) is 4.79 Å². The molecule has 1 aliphatic rings. The molecular formula is C17H22N4O3. The lowest BCUT2D eigenvalue weighted by atomic mass is 10.2. The van der Waals surface area contributed by atoms with Gasteiger partial charge < -0.3 is 14.5 Å². The standard InChI is InChI=1S/C17H22N4O3/c1-12(18-10-13-3-2-7-23-13)4-6-21-17(22)15-9-16-14(5-8-24-16)20(15)11-19-21/h5,8-9,11-13,18H,2-4,6-7,10H2,1H3. The van der Waals surface area contributed by atoms with Crippen LogP contribution < -0.4 is 10.9 Å². The van der Waals surface area contributed by atoms with E-state index in [1.165, 1.54) is 4.68 Å². The summed E-state index contributed by atoms with van der Waals surface area (Å²) in [6.07, 6.45) is 6.75. The van der Waals surface area contributed by atoms with Gasteiger partial charge in [0, 0.05) is 37.9 Å². The number of nitrogens with zero attached hydrogens (tertiary/aromatic N) is 3. The predicted octanol–water partition coefficient (Wildman–Crippen LogP) is 1.79. The molecule has 7 nitrogen and oxygen atoms in total. The van der Waals surface area contributed by atoms with Crippen molar-refractivity contribution in [2.45, 2.75) is 44.9 Å². The molecule has 4 rings (SSSR count). The molecule has 0 saturated carbocycles. The third kappa shape index (κ3) is 2.85. The first-order valence-electron chi connectivity index (χ1n) is 8.52. The summed E-state index contributed by atoms with van der Waals surface area (Å²) in [5.41, 5.74) is 2.08. The van der Waals surface area contributed by atoms with Crippen LogP contribution >= 0.6 is 0 Å². The first kappa shape index (κ1) is 15.4. The number of rotatable bonds is 6. The van der Waals surface area contributed by atoms with Crippen LogP contribution in [-0.2, 0) is 11.3 Å². The van der Waals surface area contributed by atoms with Crippen molar-refractivity contribution < 1.29 is 9.15 Å². The van der Waals surface area contributed by atoms with Gasteiger partial charge in [-0.2, -0.15) is 5.10 Å². The molecule has 7 heteroatoms. The fourth-order valence-corrected chi connectivity index (χ4v) is 3.25. The summed E-state index contributed by atoms with van der Waals surface area (Å²) in [5, 5.41) is 7.77. The molecule has 0 amide bonds. The van der Waals surface area contributed by atoms with E-state index in [2.05, 4.69) is 17.3 Å². The zero-order chi connectivity index (χ0) is 16.5. The van der Waals surface area contributed by atoms with Crippen LogP contribution in [0.15, 0.2) is 33.9 Å². The number of aryl methyl sites for hydroxylation is 1. The Hall–Kier alpha value is -2.12. The lowest BCUT2D eigenvalue weighted by molar-refractivity contribution is 0.107. The van der Waals surface area contributed by atoms with E-state index in [0.717, 1.165) is 37.9 Å². The molecule has 0 aliphatic carbocycles. The highest BCUT2D eigenvalue weighted by molar-refractivity contribution is 5.81. The van der Waals surface area contributed by atoms with Gasteiger partial charge in [-0.15, -0.1) is 0 Å². The summed E-state index contributed by atoms with van der Waals surface area (Å²) >= 11 is 0. The third-order valence-corrected chi connectivity index (χ3v) is 4.71. The topological polar surface area (TPSA) is 73.7 Å². The number of aromatic nitrogens is 3. The first-order valence-corrected chi connectivity index (χ1v) is 8.52. The molecule has 3 aromatic rings. The minimum absolute atomic E-state index is 0.0878. The molecule has 1 aliphatic heterocycles. The van der Waals surface area contributed by atoms with E-state index in [4.69, 9.17) is 9.15 Å². The van der Waals surface area contributed by atoms with Crippen LogP contribution in [-0.4, -0.2) is 39.5 Å². The van der Waals surface area contributed by atoms with Gasteiger partial charge in [0.2, 0.25) is 0 Å². The summed E-state index contributed by atoms with van der Waals surface area (Å²) < 4.78 is 14.3. The highest BCUT2D eigenvalue weighted by Gasteiger charge is 2.16. The van der Waals surface area contributed by atoms with Crippen molar-refractivity contribution >= 4 is 16.6 Å². The summed E-state index contributed by atoms with van der Waals surface area (Å²) in [4.78, 5) is 12.6. The Kier molecular flexibility index (Phi) is 4.12. The van der Waals surface area contributed by atoms with Crippen LogP contribution in [0.25, 0.3) is 16.6 Å². The normalized spacial score (nSPS) is 19.5. The summed E-state index contributed by atoms with van der Waals surface area (Å²) in [6, 6.07) is 3.92. The highest BCUT2D eigenvalue weighted by atomic mass is 16.5. The second-order valence-corrected chi connectivity index (χ2v) is 6.46. The maximum absolute atomic E-state index is 12.6. The Balaban J connectivity index is 1.42.